The maximum Gasteiger partial charge on any atom is 0.343 e. The second-order valence-corrected chi connectivity index (χ2v) is 4.13. The molecule has 1 unspecified atom stereocenters. The highest BCUT2D eigenvalue weighted by Gasteiger charge is 2.21. The quantitative estimate of drug-likeness (QED) is 0.790. The minimum atomic E-state index is -1.25. The van der Waals surface area contributed by atoms with Crippen LogP contribution in [0.25, 0.3) is 0 Å². The molecule has 1 aliphatic rings. The monoisotopic (exact) mass is 238 g/mol. The van der Waals surface area contributed by atoms with Gasteiger partial charge in [-0.1, -0.05) is 0 Å². The number of rotatable bonds is 2. The van der Waals surface area contributed by atoms with E-state index in [4.69, 9.17) is 9.84 Å². The standard InChI is InChI=1S/C11H14N2O4/c1-6-8(11(15)16)10(14)13-9(12-6)7-3-2-4-17-5-7/h7H,2-5H2,1H3,(H,15,16)(H,12,13,14). The van der Waals surface area contributed by atoms with E-state index in [0.29, 0.717) is 12.4 Å². The van der Waals surface area contributed by atoms with Crippen LogP contribution in [0, 0.1) is 6.92 Å². The summed E-state index contributed by atoms with van der Waals surface area (Å²) in [5.41, 5.74) is -0.627. The maximum absolute atomic E-state index is 11.6. The van der Waals surface area contributed by atoms with E-state index >= 15 is 0 Å². The molecule has 1 aliphatic heterocycles. The predicted molar refractivity (Wildman–Crippen MR) is 59.3 cm³/mol. The molecule has 1 aromatic rings. The third-order valence-electron chi connectivity index (χ3n) is 2.88. The molecule has 1 fully saturated rings. The lowest BCUT2D eigenvalue weighted by molar-refractivity contribution is 0.0692. The Morgan fingerprint density at radius 3 is 2.88 bits per heavy atom. The molecule has 0 aromatic carbocycles. The first-order chi connectivity index (χ1) is 8.09. The summed E-state index contributed by atoms with van der Waals surface area (Å²) in [6.45, 7) is 2.79. The number of aryl methyl sites for hydroxylation is 1. The van der Waals surface area contributed by atoms with Crippen LogP contribution >= 0.6 is 0 Å². The van der Waals surface area contributed by atoms with Gasteiger partial charge in [0.25, 0.3) is 5.56 Å². The molecule has 0 bridgehead atoms. The number of nitrogens with one attached hydrogen (secondary N) is 1. The van der Waals surface area contributed by atoms with Crippen molar-refractivity contribution in [3.63, 3.8) is 0 Å². The summed E-state index contributed by atoms with van der Waals surface area (Å²) in [5.74, 6) is -0.669. The number of aromatic nitrogens is 2. The molecule has 92 valence electrons. The van der Waals surface area contributed by atoms with Gasteiger partial charge in [0.05, 0.1) is 12.3 Å². The third-order valence-corrected chi connectivity index (χ3v) is 2.88. The molecule has 2 N–H and O–H groups in total. The number of hydrogen-bond acceptors (Lipinski definition) is 4. The molecule has 0 aliphatic carbocycles. The number of carboxylic acids is 1. The first-order valence-electron chi connectivity index (χ1n) is 5.51. The number of H-pyrrole nitrogens is 1. The predicted octanol–water partition coefficient (Wildman–Crippen LogP) is 0.671. The lowest BCUT2D eigenvalue weighted by Gasteiger charge is -2.21. The van der Waals surface area contributed by atoms with E-state index in [2.05, 4.69) is 9.97 Å². The van der Waals surface area contributed by atoms with Gasteiger partial charge in [-0.05, 0) is 19.8 Å². The van der Waals surface area contributed by atoms with Gasteiger partial charge in [0.1, 0.15) is 11.4 Å². The molecular formula is C11H14N2O4. The Kier molecular flexibility index (Phi) is 3.23. The molecule has 0 spiro atoms. The van der Waals surface area contributed by atoms with Crippen LogP contribution in [0.3, 0.4) is 0 Å². The molecular weight excluding hydrogens is 224 g/mol. The Hall–Kier alpha value is -1.69. The number of aromatic amines is 1. The Bertz CT molecular complexity index is 489. The fourth-order valence-electron chi connectivity index (χ4n) is 2.01. The van der Waals surface area contributed by atoms with Crippen molar-refractivity contribution in [1.29, 1.82) is 0 Å². The van der Waals surface area contributed by atoms with Crippen molar-refractivity contribution in [3.05, 3.63) is 27.4 Å². The fourth-order valence-corrected chi connectivity index (χ4v) is 2.01. The summed E-state index contributed by atoms with van der Waals surface area (Å²) < 4.78 is 5.32. The van der Waals surface area contributed by atoms with Gasteiger partial charge in [0.2, 0.25) is 0 Å². The van der Waals surface area contributed by atoms with E-state index in [9.17, 15) is 9.59 Å². The summed E-state index contributed by atoms with van der Waals surface area (Å²) in [6.07, 6.45) is 1.82. The van der Waals surface area contributed by atoms with Gasteiger partial charge in [-0.3, -0.25) is 4.79 Å². The smallest absolute Gasteiger partial charge is 0.343 e. The number of nitrogens with zero attached hydrogens (tertiary/aromatic N) is 1. The number of hydrogen-bond donors (Lipinski definition) is 2. The van der Waals surface area contributed by atoms with Crippen LogP contribution in [0.1, 0.15) is 40.6 Å². The molecule has 1 aromatic heterocycles. The van der Waals surface area contributed by atoms with Gasteiger partial charge in [-0.25, -0.2) is 9.78 Å². The SMILES string of the molecule is Cc1nc(C2CCCOC2)[nH]c(=O)c1C(=O)O. The normalized spacial score (nSPS) is 20.2. The topological polar surface area (TPSA) is 92.3 Å². The van der Waals surface area contributed by atoms with Crippen molar-refractivity contribution in [2.75, 3.05) is 13.2 Å². The van der Waals surface area contributed by atoms with Crippen molar-refractivity contribution in [1.82, 2.24) is 9.97 Å². The van der Waals surface area contributed by atoms with Crippen LogP contribution in [-0.4, -0.2) is 34.3 Å². The highest BCUT2D eigenvalue weighted by atomic mass is 16.5. The molecule has 2 rings (SSSR count). The van der Waals surface area contributed by atoms with E-state index in [-0.39, 0.29) is 17.2 Å². The number of carbonyl (C=O) groups is 1. The van der Waals surface area contributed by atoms with Crippen LogP contribution in [0.5, 0.6) is 0 Å². The number of ether oxygens (including phenoxy) is 1. The lowest BCUT2D eigenvalue weighted by Crippen LogP contribution is -2.26. The van der Waals surface area contributed by atoms with Gasteiger partial charge >= 0.3 is 5.97 Å². The first-order valence-corrected chi connectivity index (χ1v) is 5.51. The zero-order chi connectivity index (χ0) is 12.4. The van der Waals surface area contributed by atoms with Gasteiger partial charge in [-0.15, -0.1) is 0 Å². The average molecular weight is 238 g/mol. The van der Waals surface area contributed by atoms with E-state index in [0.717, 1.165) is 19.4 Å². The summed E-state index contributed by atoms with van der Waals surface area (Å²) in [6, 6.07) is 0. The van der Waals surface area contributed by atoms with Crippen molar-refractivity contribution < 1.29 is 14.6 Å². The molecule has 2 heterocycles. The minimum absolute atomic E-state index is 0.0537. The number of aromatic carboxylic acids is 1. The zero-order valence-corrected chi connectivity index (χ0v) is 9.52. The maximum atomic E-state index is 11.6. The Balaban J connectivity index is 2.37. The fraction of sp³-hybridized carbons (Fsp3) is 0.545. The lowest BCUT2D eigenvalue weighted by atomic mass is 10.0. The second kappa shape index (κ2) is 4.67. The molecule has 6 heteroatoms. The van der Waals surface area contributed by atoms with Crippen molar-refractivity contribution >= 4 is 5.97 Å². The summed E-state index contributed by atoms with van der Waals surface area (Å²) in [4.78, 5) is 29.2. The first kappa shape index (κ1) is 11.8. The van der Waals surface area contributed by atoms with E-state index in [1.54, 1.807) is 0 Å². The largest absolute Gasteiger partial charge is 0.477 e. The molecule has 1 saturated heterocycles. The summed E-state index contributed by atoms with van der Waals surface area (Å²) >= 11 is 0. The second-order valence-electron chi connectivity index (χ2n) is 4.13. The molecule has 0 amide bonds. The summed E-state index contributed by atoms with van der Waals surface area (Å²) in [5, 5.41) is 8.86. The summed E-state index contributed by atoms with van der Waals surface area (Å²) in [7, 11) is 0. The third kappa shape index (κ3) is 2.36. The van der Waals surface area contributed by atoms with Crippen LogP contribution in [0.15, 0.2) is 4.79 Å². The average Bonchev–Trinajstić information content (AvgIpc) is 2.28. The van der Waals surface area contributed by atoms with E-state index in [1.165, 1.54) is 6.92 Å². The highest BCUT2D eigenvalue weighted by Crippen LogP contribution is 2.22. The van der Waals surface area contributed by atoms with Crippen LogP contribution < -0.4 is 5.56 Å². The molecule has 1 atom stereocenters. The van der Waals surface area contributed by atoms with Gasteiger partial charge in [0, 0.05) is 12.5 Å². The van der Waals surface area contributed by atoms with Crippen molar-refractivity contribution in [2.24, 2.45) is 0 Å². The van der Waals surface area contributed by atoms with Gasteiger partial charge in [0.15, 0.2) is 0 Å². The molecule has 6 nitrogen and oxygen atoms in total. The van der Waals surface area contributed by atoms with E-state index < -0.39 is 11.5 Å². The molecule has 0 saturated carbocycles. The Morgan fingerprint density at radius 2 is 2.35 bits per heavy atom. The highest BCUT2D eigenvalue weighted by molar-refractivity contribution is 5.88. The van der Waals surface area contributed by atoms with Gasteiger partial charge < -0.3 is 14.8 Å². The van der Waals surface area contributed by atoms with Crippen molar-refractivity contribution in [2.45, 2.75) is 25.7 Å². The van der Waals surface area contributed by atoms with Crippen LogP contribution in [0.4, 0.5) is 0 Å². The molecule has 0 radical (unpaired) electrons. The van der Waals surface area contributed by atoms with Crippen molar-refractivity contribution in [3.8, 4) is 0 Å². The Morgan fingerprint density at radius 1 is 1.59 bits per heavy atom. The minimum Gasteiger partial charge on any atom is -0.477 e. The molecule has 17 heavy (non-hydrogen) atoms. The van der Waals surface area contributed by atoms with Crippen LogP contribution in [-0.2, 0) is 4.74 Å². The Labute approximate surface area is 97.7 Å². The number of carboxylic acid groups (broad SMARTS) is 1. The van der Waals surface area contributed by atoms with Crippen LogP contribution in [0.2, 0.25) is 0 Å². The van der Waals surface area contributed by atoms with Gasteiger partial charge in [-0.2, -0.15) is 0 Å². The van der Waals surface area contributed by atoms with E-state index in [1.807, 2.05) is 0 Å². The zero-order valence-electron chi connectivity index (χ0n) is 9.52.